The van der Waals surface area contributed by atoms with Crippen LogP contribution in [0.15, 0.2) is 18.2 Å². The summed E-state index contributed by atoms with van der Waals surface area (Å²) in [6.45, 7) is 7.32. The Morgan fingerprint density at radius 3 is 2.32 bits per heavy atom. The molecule has 0 heterocycles. The first kappa shape index (κ1) is 14.4. The molecule has 1 atom stereocenters. The van der Waals surface area contributed by atoms with Crippen molar-refractivity contribution >= 4 is 5.69 Å². The molecule has 1 aliphatic carbocycles. The van der Waals surface area contributed by atoms with Crippen LogP contribution in [0, 0.1) is 13.8 Å². The highest BCUT2D eigenvalue weighted by Gasteiger charge is 2.32. The minimum atomic E-state index is -0.229. The molecule has 2 rings (SSSR count). The zero-order chi connectivity index (χ0) is 14.0. The van der Waals surface area contributed by atoms with Gasteiger partial charge in [-0.05, 0) is 56.9 Å². The van der Waals surface area contributed by atoms with Crippen molar-refractivity contribution in [2.75, 3.05) is 25.1 Å². The molecule has 2 N–H and O–H groups in total. The van der Waals surface area contributed by atoms with Gasteiger partial charge in [-0.3, -0.25) is 0 Å². The largest absolute Gasteiger partial charge is 0.394 e. The second-order valence-corrected chi connectivity index (χ2v) is 6.34. The third-order valence-corrected chi connectivity index (χ3v) is 3.71. The maximum atomic E-state index is 9.68. The number of nitrogens with zero attached hydrogens (tertiary/aromatic N) is 1. The molecule has 0 saturated heterocycles. The van der Waals surface area contributed by atoms with Crippen LogP contribution in [-0.4, -0.2) is 36.9 Å². The number of hydrogen-bond acceptors (Lipinski definition) is 3. The first-order valence-electron chi connectivity index (χ1n) is 7.10. The molecule has 0 bridgehead atoms. The fourth-order valence-corrected chi connectivity index (χ4v) is 2.65. The molecule has 0 amide bonds. The number of aliphatic hydroxyl groups is 1. The molecular formula is C16H26N2O. The van der Waals surface area contributed by atoms with Crippen LogP contribution in [0.1, 0.15) is 30.9 Å². The predicted molar refractivity (Wildman–Crippen MR) is 80.8 cm³/mol. The van der Waals surface area contributed by atoms with Gasteiger partial charge in [0.15, 0.2) is 0 Å². The number of anilines is 1. The maximum absolute atomic E-state index is 9.68. The molecule has 3 heteroatoms. The first-order valence-corrected chi connectivity index (χ1v) is 7.10. The number of aryl methyl sites for hydroxylation is 2. The van der Waals surface area contributed by atoms with E-state index in [-0.39, 0.29) is 12.1 Å². The van der Waals surface area contributed by atoms with Crippen molar-refractivity contribution in [2.45, 2.75) is 45.2 Å². The normalized spacial score (nSPS) is 18.2. The molecule has 0 radical (unpaired) electrons. The highest BCUT2D eigenvalue weighted by Crippen LogP contribution is 2.24. The van der Waals surface area contributed by atoms with Gasteiger partial charge in [0.1, 0.15) is 0 Å². The zero-order valence-electron chi connectivity index (χ0n) is 12.5. The van der Waals surface area contributed by atoms with Crippen molar-refractivity contribution in [1.82, 2.24) is 5.32 Å². The summed E-state index contributed by atoms with van der Waals surface area (Å²) >= 11 is 0. The Kier molecular flexibility index (Phi) is 4.16. The summed E-state index contributed by atoms with van der Waals surface area (Å²) in [6.07, 6.45) is 2.48. The Balaban J connectivity index is 2.07. The van der Waals surface area contributed by atoms with Crippen molar-refractivity contribution in [1.29, 1.82) is 0 Å². The van der Waals surface area contributed by atoms with E-state index >= 15 is 0 Å². The van der Waals surface area contributed by atoms with Gasteiger partial charge in [-0.2, -0.15) is 0 Å². The maximum Gasteiger partial charge on any atom is 0.0628 e. The minimum absolute atomic E-state index is 0.165. The lowest BCUT2D eigenvalue weighted by Crippen LogP contribution is -2.54. The molecule has 1 aliphatic rings. The summed E-state index contributed by atoms with van der Waals surface area (Å²) in [6, 6.07) is 7.18. The van der Waals surface area contributed by atoms with Gasteiger partial charge in [0.05, 0.1) is 12.1 Å². The van der Waals surface area contributed by atoms with Crippen LogP contribution >= 0.6 is 0 Å². The molecule has 1 fully saturated rings. The Morgan fingerprint density at radius 2 is 1.84 bits per heavy atom. The smallest absolute Gasteiger partial charge is 0.0628 e. The lowest BCUT2D eigenvalue weighted by Gasteiger charge is -2.34. The topological polar surface area (TPSA) is 35.5 Å². The van der Waals surface area contributed by atoms with Crippen LogP contribution < -0.4 is 10.2 Å². The van der Waals surface area contributed by atoms with Crippen molar-refractivity contribution < 1.29 is 5.11 Å². The van der Waals surface area contributed by atoms with E-state index in [1.165, 1.54) is 29.7 Å². The Bertz CT molecular complexity index is 422. The van der Waals surface area contributed by atoms with Gasteiger partial charge in [0.2, 0.25) is 0 Å². The lowest BCUT2D eigenvalue weighted by molar-refractivity contribution is 0.177. The lowest BCUT2D eigenvalue weighted by atomic mass is 10.0. The number of rotatable bonds is 6. The molecule has 19 heavy (non-hydrogen) atoms. The van der Waals surface area contributed by atoms with E-state index in [1.54, 1.807) is 0 Å². The highest BCUT2D eigenvalue weighted by molar-refractivity contribution is 5.50. The fraction of sp³-hybridized carbons (Fsp3) is 0.625. The summed E-state index contributed by atoms with van der Waals surface area (Å²) in [5, 5.41) is 13.2. The second-order valence-electron chi connectivity index (χ2n) is 6.34. The fourth-order valence-electron chi connectivity index (χ4n) is 2.65. The molecule has 0 spiro atoms. The molecule has 1 aromatic carbocycles. The minimum Gasteiger partial charge on any atom is -0.394 e. The molecule has 1 aromatic rings. The third-order valence-electron chi connectivity index (χ3n) is 3.71. The number of likely N-dealkylation sites (N-methyl/N-ethyl adjacent to an activating group) is 1. The Hall–Kier alpha value is -1.06. The van der Waals surface area contributed by atoms with Gasteiger partial charge in [-0.25, -0.2) is 0 Å². The van der Waals surface area contributed by atoms with Gasteiger partial charge in [0.25, 0.3) is 0 Å². The second kappa shape index (κ2) is 5.51. The number of aliphatic hydroxyl groups excluding tert-OH is 1. The van der Waals surface area contributed by atoms with Crippen LogP contribution in [0.4, 0.5) is 5.69 Å². The van der Waals surface area contributed by atoms with E-state index < -0.39 is 0 Å². The van der Waals surface area contributed by atoms with E-state index in [9.17, 15) is 5.11 Å². The summed E-state index contributed by atoms with van der Waals surface area (Å²) in [5.41, 5.74) is 3.55. The van der Waals surface area contributed by atoms with Crippen LogP contribution in [-0.2, 0) is 0 Å². The van der Waals surface area contributed by atoms with Gasteiger partial charge >= 0.3 is 0 Å². The predicted octanol–water partition coefficient (Wildman–Crippen LogP) is 2.24. The van der Waals surface area contributed by atoms with Gasteiger partial charge in [0, 0.05) is 25.3 Å². The first-order chi connectivity index (χ1) is 8.92. The average molecular weight is 262 g/mol. The average Bonchev–Trinajstić information content (AvgIpc) is 3.11. The molecule has 1 unspecified atom stereocenters. The summed E-state index contributed by atoms with van der Waals surface area (Å²) < 4.78 is 0. The van der Waals surface area contributed by atoms with E-state index in [2.05, 4.69) is 56.2 Å². The van der Waals surface area contributed by atoms with E-state index in [0.29, 0.717) is 6.04 Å². The van der Waals surface area contributed by atoms with Gasteiger partial charge < -0.3 is 15.3 Å². The molecule has 0 aliphatic heterocycles. The van der Waals surface area contributed by atoms with Crippen LogP contribution in [0.25, 0.3) is 0 Å². The summed E-state index contributed by atoms with van der Waals surface area (Å²) in [5.74, 6) is 0. The Morgan fingerprint density at radius 1 is 1.26 bits per heavy atom. The van der Waals surface area contributed by atoms with Gasteiger partial charge in [-0.15, -0.1) is 0 Å². The van der Waals surface area contributed by atoms with Crippen LogP contribution in [0.5, 0.6) is 0 Å². The molecular weight excluding hydrogens is 236 g/mol. The molecule has 0 aromatic heterocycles. The summed E-state index contributed by atoms with van der Waals surface area (Å²) in [7, 11) is 2.09. The van der Waals surface area contributed by atoms with Crippen LogP contribution in [0.3, 0.4) is 0 Å². The standard InChI is InChI=1S/C16H26N2O/c1-12-7-13(2)9-15(8-12)18(4)10-16(3,11-19)17-14-5-6-14/h7-9,14,17,19H,5-6,10-11H2,1-4H3. The zero-order valence-corrected chi connectivity index (χ0v) is 12.5. The number of nitrogens with one attached hydrogen (secondary N) is 1. The molecule has 1 saturated carbocycles. The quantitative estimate of drug-likeness (QED) is 0.825. The third kappa shape index (κ3) is 3.95. The monoisotopic (exact) mass is 262 g/mol. The van der Waals surface area contributed by atoms with Crippen LogP contribution in [0.2, 0.25) is 0 Å². The SMILES string of the molecule is Cc1cc(C)cc(N(C)CC(C)(CO)NC2CC2)c1. The molecule has 106 valence electrons. The Labute approximate surface area is 116 Å². The number of benzene rings is 1. The van der Waals surface area contributed by atoms with E-state index in [4.69, 9.17) is 0 Å². The summed E-state index contributed by atoms with van der Waals surface area (Å²) in [4.78, 5) is 2.23. The van der Waals surface area contributed by atoms with Crippen molar-refractivity contribution in [2.24, 2.45) is 0 Å². The molecule has 3 nitrogen and oxygen atoms in total. The van der Waals surface area contributed by atoms with Crippen molar-refractivity contribution in [3.63, 3.8) is 0 Å². The van der Waals surface area contributed by atoms with E-state index in [1.807, 2.05) is 0 Å². The van der Waals surface area contributed by atoms with Crippen molar-refractivity contribution in [3.05, 3.63) is 29.3 Å². The van der Waals surface area contributed by atoms with Gasteiger partial charge in [-0.1, -0.05) is 6.07 Å². The highest BCUT2D eigenvalue weighted by atomic mass is 16.3. The van der Waals surface area contributed by atoms with Crippen molar-refractivity contribution in [3.8, 4) is 0 Å². The number of hydrogen-bond donors (Lipinski definition) is 2. The van der Waals surface area contributed by atoms with E-state index in [0.717, 1.165) is 6.54 Å².